The Hall–Kier alpha value is -0.810. The number of methoxy groups -OCH3 is 1. The zero-order valence-electron chi connectivity index (χ0n) is 8.44. The zero-order chi connectivity index (χ0) is 10.4. The molecule has 1 aliphatic rings. The summed E-state index contributed by atoms with van der Waals surface area (Å²) in [6.07, 6.45) is 0.509. The number of rotatable bonds is 5. The molecule has 5 heteroatoms. The van der Waals surface area contributed by atoms with Gasteiger partial charge in [-0.15, -0.1) is 0 Å². The van der Waals surface area contributed by atoms with Crippen molar-refractivity contribution in [3.63, 3.8) is 0 Å². The van der Waals surface area contributed by atoms with Gasteiger partial charge in [-0.1, -0.05) is 0 Å². The number of hydrogen-bond acceptors (Lipinski definition) is 4. The van der Waals surface area contributed by atoms with Gasteiger partial charge in [0.15, 0.2) is 0 Å². The summed E-state index contributed by atoms with van der Waals surface area (Å²) in [4.78, 5) is 12.8. The van der Waals surface area contributed by atoms with Crippen LogP contribution in [0.15, 0.2) is 0 Å². The highest BCUT2D eigenvalue weighted by Gasteiger charge is 2.25. The molecule has 1 atom stereocenters. The predicted octanol–water partition coefficient (Wildman–Crippen LogP) is 0.0836. The van der Waals surface area contributed by atoms with Crippen LogP contribution in [0.1, 0.15) is 6.42 Å². The number of aliphatic hydroxyl groups is 1. The Kier molecular flexibility index (Phi) is 4.69. The Morgan fingerprint density at radius 1 is 1.71 bits per heavy atom. The molecule has 1 unspecified atom stereocenters. The molecule has 1 aliphatic heterocycles. The molecule has 0 aromatic heterocycles. The van der Waals surface area contributed by atoms with Gasteiger partial charge in [0, 0.05) is 32.7 Å². The van der Waals surface area contributed by atoms with E-state index >= 15 is 0 Å². The Bertz CT molecular complexity index is 186. The topological polar surface area (TPSA) is 59.0 Å². The van der Waals surface area contributed by atoms with Gasteiger partial charge < -0.3 is 19.5 Å². The molecule has 1 heterocycles. The SMILES string of the molecule is COCCCN1CC(CO)COC1=O. The first kappa shape index (κ1) is 11.3. The minimum absolute atomic E-state index is 0.0512. The summed E-state index contributed by atoms with van der Waals surface area (Å²) >= 11 is 0. The second-order valence-electron chi connectivity index (χ2n) is 3.42. The quantitative estimate of drug-likeness (QED) is 0.643. The standard InChI is InChI=1S/C9H17NO4/c1-13-4-2-3-10-5-8(6-11)7-14-9(10)12/h8,11H,2-7H2,1H3. The van der Waals surface area contributed by atoms with Gasteiger partial charge in [0.2, 0.25) is 0 Å². The molecule has 1 amide bonds. The minimum Gasteiger partial charge on any atom is -0.449 e. The van der Waals surface area contributed by atoms with Crippen LogP contribution in [-0.4, -0.2) is 56.1 Å². The normalized spacial score (nSPS) is 22.3. The van der Waals surface area contributed by atoms with E-state index in [-0.39, 0.29) is 18.6 Å². The molecule has 0 aliphatic carbocycles. The molecule has 0 aromatic rings. The summed E-state index contributed by atoms with van der Waals surface area (Å²) in [6, 6.07) is 0. The summed E-state index contributed by atoms with van der Waals surface area (Å²) in [5, 5.41) is 8.92. The monoisotopic (exact) mass is 203 g/mol. The van der Waals surface area contributed by atoms with Crippen molar-refractivity contribution in [2.45, 2.75) is 6.42 Å². The largest absolute Gasteiger partial charge is 0.449 e. The van der Waals surface area contributed by atoms with E-state index in [9.17, 15) is 4.79 Å². The van der Waals surface area contributed by atoms with Crippen LogP contribution in [0, 0.1) is 5.92 Å². The number of ether oxygens (including phenoxy) is 2. The molecule has 14 heavy (non-hydrogen) atoms. The first-order valence-electron chi connectivity index (χ1n) is 4.79. The highest BCUT2D eigenvalue weighted by molar-refractivity contribution is 5.68. The lowest BCUT2D eigenvalue weighted by Gasteiger charge is -2.31. The maximum absolute atomic E-state index is 11.2. The minimum atomic E-state index is -0.286. The van der Waals surface area contributed by atoms with Crippen molar-refractivity contribution in [3.8, 4) is 0 Å². The highest BCUT2D eigenvalue weighted by atomic mass is 16.6. The third-order valence-electron chi connectivity index (χ3n) is 2.21. The maximum atomic E-state index is 11.2. The van der Waals surface area contributed by atoms with Crippen LogP contribution in [0.3, 0.4) is 0 Å². The molecular formula is C9H17NO4. The average molecular weight is 203 g/mol. The third kappa shape index (κ3) is 3.16. The summed E-state index contributed by atoms with van der Waals surface area (Å²) in [5.41, 5.74) is 0. The number of nitrogens with zero attached hydrogens (tertiary/aromatic N) is 1. The average Bonchev–Trinajstić information content (AvgIpc) is 2.21. The van der Waals surface area contributed by atoms with E-state index in [1.54, 1.807) is 12.0 Å². The fourth-order valence-corrected chi connectivity index (χ4v) is 1.41. The van der Waals surface area contributed by atoms with Crippen molar-refractivity contribution in [2.24, 2.45) is 5.92 Å². The van der Waals surface area contributed by atoms with E-state index in [4.69, 9.17) is 14.6 Å². The lowest BCUT2D eigenvalue weighted by Crippen LogP contribution is -2.44. The van der Waals surface area contributed by atoms with Crippen molar-refractivity contribution in [1.82, 2.24) is 4.90 Å². The zero-order valence-corrected chi connectivity index (χ0v) is 8.44. The van der Waals surface area contributed by atoms with Crippen LogP contribution in [0.2, 0.25) is 0 Å². The van der Waals surface area contributed by atoms with Crippen LogP contribution in [-0.2, 0) is 9.47 Å². The molecule has 1 rings (SSSR count). The lowest BCUT2D eigenvalue weighted by atomic mass is 10.1. The van der Waals surface area contributed by atoms with E-state index in [1.807, 2.05) is 0 Å². The molecule has 1 fully saturated rings. The van der Waals surface area contributed by atoms with E-state index in [0.29, 0.717) is 26.3 Å². The van der Waals surface area contributed by atoms with Crippen molar-refractivity contribution >= 4 is 6.09 Å². The van der Waals surface area contributed by atoms with Gasteiger partial charge in [-0.25, -0.2) is 4.79 Å². The summed E-state index contributed by atoms with van der Waals surface area (Å²) < 4.78 is 9.80. The molecule has 5 nitrogen and oxygen atoms in total. The van der Waals surface area contributed by atoms with Gasteiger partial charge in [-0.2, -0.15) is 0 Å². The number of carbonyl (C=O) groups is 1. The predicted molar refractivity (Wildman–Crippen MR) is 50.0 cm³/mol. The molecule has 0 radical (unpaired) electrons. The second-order valence-corrected chi connectivity index (χ2v) is 3.42. The Labute approximate surface area is 83.6 Å². The fourth-order valence-electron chi connectivity index (χ4n) is 1.41. The van der Waals surface area contributed by atoms with Crippen molar-refractivity contribution < 1.29 is 19.4 Å². The molecular weight excluding hydrogens is 186 g/mol. The number of aliphatic hydroxyl groups excluding tert-OH is 1. The number of hydrogen-bond donors (Lipinski definition) is 1. The highest BCUT2D eigenvalue weighted by Crippen LogP contribution is 2.10. The molecule has 82 valence electrons. The van der Waals surface area contributed by atoms with E-state index in [0.717, 1.165) is 6.42 Å². The Morgan fingerprint density at radius 3 is 3.14 bits per heavy atom. The summed E-state index contributed by atoms with van der Waals surface area (Å²) in [7, 11) is 1.63. The molecule has 0 aromatic carbocycles. The van der Waals surface area contributed by atoms with E-state index in [1.165, 1.54) is 0 Å². The third-order valence-corrected chi connectivity index (χ3v) is 2.21. The van der Waals surface area contributed by atoms with Crippen LogP contribution in [0.4, 0.5) is 4.79 Å². The van der Waals surface area contributed by atoms with Crippen molar-refractivity contribution in [3.05, 3.63) is 0 Å². The van der Waals surface area contributed by atoms with Gasteiger partial charge in [-0.3, -0.25) is 0 Å². The molecule has 0 bridgehead atoms. The van der Waals surface area contributed by atoms with Crippen LogP contribution >= 0.6 is 0 Å². The van der Waals surface area contributed by atoms with Gasteiger partial charge in [0.1, 0.15) is 0 Å². The lowest BCUT2D eigenvalue weighted by molar-refractivity contribution is 0.0224. The number of cyclic esters (lactones) is 1. The smallest absolute Gasteiger partial charge is 0.409 e. The second kappa shape index (κ2) is 5.82. The summed E-state index contributed by atoms with van der Waals surface area (Å²) in [6.45, 7) is 2.24. The van der Waals surface area contributed by atoms with Gasteiger partial charge in [-0.05, 0) is 6.42 Å². The fraction of sp³-hybridized carbons (Fsp3) is 0.889. The van der Waals surface area contributed by atoms with Crippen molar-refractivity contribution in [1.29, 1.82) is 0 Å². The Balaban J connectivity index is 2.29. The molecule has 0 saturated carbocycles. The van der Waals surface area contributed by atoms with E-state index in [2.05, 4.69) is 0 Å². The number of carbonyl (C=O) groups excluding carboxylic acids is 1. The van der Waals surface area contributed by atoms with Crippen LogP contribution in [0.25, 0.3) is 0 Å². The van der Waals surface area contributed by atoms with Crippen LogP contribution < -0.4 is 0 Å². The summed E-state index contributed by atoms with van der Waals surface area (Å²) in [5.74, 6) is 0.0512. The van der Waals surface area contributed by atoms with Gasteiger partial charge in [0.05, 0.1) is 13.2 Å². The first-order chi connectivity index (χ1) is 6.77. The van der Waals surface area contributed by atoms with E-state index < -0.39 is 0 Å². The molecule has 1 saturated heterocycles. The van der Waals surface area contributed by atoms with Crippen molar-refractivity contribution in [2.75, 3.05) is 40.0 Å². The van der Waals surface area contributed by atoms with Gasteiger partial charge >= 0.3 is 6.09 Å². The van der Waals surface area contributed by atoms with Crippen LogP contribution in [0.5, 0.6) is 0 Å². The molecule has 1 N–H and O–H groups in total. The molecule has 0 spiro atoms. The maximum Gasteiger partial charge on any atom is 0.409 e. The Morgan fingerprint density at radius 2 is 2.50 bits per heavy atom. The van der Waals surface area contributed by atoms with Gasteiger partial charge in [0.25, 0.3) is 0 Å². The number of amides is 1. The first-order valence-corrected chi connectivity index (χ1v) is 4.79.